The van der Waals surface area contributed by atoms with Gasteiger partial charge in [-0.3, -0.25) is 4.79 Å². The van der Waals surface area contributed by atoms with Crippen LogP contribution in [0.3, 0.4) is 0 Å². The molecule has 1 aromatic rings. The van der Waals surface area contributed by atoms with Crippen LogP contribution in [0.4, 0.5) is 5.82 Å². The van der Waals surface area contributed by atoms with Gasteiger partial charge in [-0.05, 0) is 12.8 Å². The minimum Gasteiger partial charge on any atom is -0.383 e. The van der Waals surface area contributed by atoms with Gasteiger partial charge in [-0.2, -0.15) is 0 Å². The van der Waals surface area contributed by atoms with Gasteiger partial charge in [0.1, 0.15) is 11.6 Å². The van der Waals surface area contributed by atoms with Gasteiger partial charge in [0, 0.05) is 51.8 Å². The van der Waals surface area contributed by atoms with E-state index < -0.39 is 0 Å². The van der Waals surface area contributed by atoms with Crippen LogP contribution in [0.1, 0.15) is 17.9 Å². The lowest BCUT2D eigenvalue weighted by molar-refractivity contribution is -0.128. The summed E-state index contributed by atoms with van der Waals surface area (Å²) in [7, 11) is 3.50. The molecule has 1 aliphatic rings. The van der Waals surface area contributed by atoms with Crippen LogP contribution in [0, 0.1) is 12.8 Å². The first-order chi connectivity index (χ1) is 9.62. The van der Waals surface area contributed by atoms with E-state index in [0.29, 0.717) is 25.5 Å². The van der Waals surface area contributed by atoms with Crippen molar-refractivity contribution in [2.75, 3.05) is 39.2 Å². The largest absolute Gasteiger partial charge is 0.383 e. The highest BCUT2D eigenvalue weighted by Crippen LogP contribution is 2.21. The number of likely N-dealkylation sites (tertiary alicyclic amines) is 1. The van der Waals surface area contributed by atoms with Gasteiger partial charge >= 0.3 is 0 Å². The second kappa shape index (κ2) is 6.65. The molecule has 2 rings (SSSR count). The van der Waals surface area contributed by atoms with Crippen molar-refractivity contribution in [3.63, 3.8) is 0 Å². The SMILES string of the molecule is CNc1cc(C)nc(C[C@H]2CC(=O)N(CCOC)C2)n1. The van der Waals surface area contributed by atoms with Gasteiger partial charge in [-0.25, -0.2) is 9.97 Å². The quantitative estimate of drug-likeness (QED) is 0.836. The molecule has 6 heteroatoms. The maximum Gasteiger partial charge on any atom is 0.223 e. The zero-order chi connectivity index (χ0) is 14.5. The Bertz CT molecular complexity index is 478. The Labute approximate surface area is 119 Å². The third-order valence-electron chi connectivity index (χ3n) is 3.49. The van der Waals surface area contributed by atoms with Crippen molar-refractivity contribution >= 4 is 11.7 Å². The van der Waals surface area contributed by atoms with Crippen LogP contribution in [0.2, 0.25) is 0 Å². The van der Waals surface area contributed by atoms with Crippen molar-refractivity contribution in [2.24, 2.45) is 5.92 Å². The molecule has 1 aromatic heterocycles. The van der Waals surface area contributed by atoms with Crippen molar-refractivity contribution in [2.45, 2.75) is 19.8 Å². The lowest BCUT2D eigenvalue weighted by Crippen LogP contribution is -2.29. The molecule has 1 N–H and O–H groups in total. The number of hydrogen-bond donors (Lipinski definition) is 1. The minimum atomic E-state index is 0.202. The number of aryl methyl sites for hydroxylation is 1. The van der Waals surface area contributed by atoms with Gasteiger partial charge in [0.2, 0.25) is 5.91 Å². The number of nitrogens with zero attached hydrogens (tertiary/aromatic N) is 3. The van der Waals surface area contributed by atoms with Crippen LogP contribution in [-0.4, -0.2) is 54.6 Å². The summed E-state index contributed by atoms with van der Waals surface area (Å²) in [5.74, 6) is 2.13. The van der Waals surface area contributed by atoms with E-state index >= 15 is 0 Å². The van der Waals surface area contributed by atoms with Crippen LogP contribution < -0.4 is 5.32 Å². The lowest BCUT2D eigenvalue weighted by atomic mass is 10.0. The normalized spacial score (nSPS) is 18.6. The van der Waals surface area contributed by atoms with Crippen molar-refractivity contribution in [1.29, 1.82) is 0 Å². The van der Waals surface area contributed by atoms with Crippen molar-refractivity contribution in [3.05, 3.63) is 17.6 Å². The van der Waals surface area contributed by atoms with Crippen molar-refractivity contribution in [3.8, 4) is 0 Å². The molecule has 0 unspecified atom stereocenters. The summed E-state index contributed by atoms with van der Waals surface area (Å²) in [6, 6.07) is 1.91. The van der Waals surface area contributed by atoms with E-state index in [1.54, 1.807) is 7.11 Å². The Kier molecular flexibility index (Phi) is 4.89. The molecule has 0 aliphatic carbocycles. The number of carbonyl (C=O) groups is 1. The van der Waals surface area contributed by atoms with E-state index in [9.17, 15) is 4.79 Å². The number of nitrogens with one attached hydrogen (secondary N) is 1. The number of amides is 1. The van der Waals surface area contributed by atoms with Crippen LogP contribution in [-0.2, 0) is 16.0 Å². The molecule has 110 valence electrons. The van der Waals surface area contributed by atoms with E-state index in [-0.39, 0.29) is 5.91 Å². The Morgan fingerprint density at radius 2 is 2.30 bits per heavy atom. The Hall–Kier alpha value is -1.69. The average Bonchev–Trinajstić information content (AvgIpc) is 2.75. The lowest BCUT2D eigenvalue weighted by Gasteiger charge is -2.15. The van der Waals surface area contributed by atoms with Crippen molar-refractivity contribution < 1.29 is 9.53 Å². The molecule has 6 nitrogen and oxygen atoms in total. The summed E-state index contributed by atoms with van der Waals surface area (Å²) in [5, 5.41) is 3.03. The van der Waals surface area contributed by atoms with Gasteiger partial charge in [-0.15, -0.1) is 0 Å². The fourth-order valence-corrected chi connectivity index (χ4v) is 2.52. The van der Waals surface area contributed by atoms with Crippen LogP contribution in [0.5, 0.6) is 0 Å². The highest BCUT2D eigenvalue weighted by atomic mass is 16.5. The summed E-state index contributed by atoms with van der Waals surface area (Å²) in [5.41, 5.74) is 0.944. The number of anilines is 1. The molecule has 1 amide bonds. The molecule has 1 atom stereocenters. The van der Waals surface area contributed by atoms with Crippen LogP contribution in [0.15, 0.2) is 6.07 Å². The zero-order valence-electron chi connectivity index (χ0n) is 12.3. The van der Waals surface area contributed by atoms with Crippen molar-refractivity contribution in [1.82, 2.24) is 14.9 Å². The predicted molar refractivity (Wildman–Crippen MR) is 76.6 cm³/mol. The number of rotatable bonds is 6. The minimum absolute atomic E-state index is 0.202. The predicted octanol–water partition coefficient (Wildman–Crippen LogP) is 0.864. The summed E-state index contributed by atoms with van der Waals surface area (Å²) in [4.78, 5) is 22.7. The highest BCUT2D eigenvalue weighted by Gasteiger charge is 2.29. The fourth-order valence-electron chi connectivity index (χ4n) is 2.52. The molecule has 1 saturated heterocycles. The molecule has 2 heterocycles. The Morgan fingerprint density at radius 3 is 3.00 bits per heavy atom. The van der Waals surface area contributed by atoms with E-state index in [1.165, 1.54) is 0 Å². The topological polar surface area (TPSA) is 67.4 Å². The first kappa shape index (κ1) is 14.7. The van der Waals surface area contributed by atoms with Gasteiger partial charge in [-0.1, -0.05) is 0 Å². The van der Waals surface area contributed by atoms with E-state index in [2.05, 4.69) is 15.3 Å². The summed E-state index contributed by atoms with van der Waals surface area (Å²) >= 11 is 0. The molecule has 20 heavy (non-hydrogen) atoms. The molecule has 0 aromatic carbocycles. The molecule has 0 radical (unpaired) electrons. The number of carbonyl (C=O) groups excluding carboxylic acids is 1. The monoisotopic (exact) mass is 278 g/mol. The molecular weight excluding hydrogens is 256 g/mol. The van der Waals surface area contributed by atoms with Gasteiger partial charge in [0.25, 0.3) is 0 Å². The standard InChI is InChI=1S/C14H22N4O2/c1-10-6-12(15-2)17-13(16-10)7-11-8-14(19)18(9-11)4-5-20-3/h6,11H,4-5,7-9H2,1-3H3,(H,15,16,17)/t11-/m0/s1. The maximum absolute atomic E-state index is 11.9. The number of aromatic nitrogens is 2. The summed E-state index contributed by atoms with van der Waals surface area (Å²) < 4.78 is 5.02. The second-order valence-electron chi connectivity index (χ2n) is 5.17. The molecule has 0 bridgehead atoms. The molecule has 0 spiro atoms. The number of methoxy groups -OCH3 is 1. The molecular formula is C14H22N4O2. The second-order valence-corrected chi connectivity index (χ2v) is 5.17. The Balaban J connectivity index is 1.97. The first-order valence-electron chi connectivity index (χ1n) is 6.91. The number of hydrogen-bond acceptors (Lipinski definition) is 5. The summed E-state index contributed by atoms with van der Waals surface area (Å²) in [6.45, 7) is 3.98. The van der Waals surface area contributed by atoms with E-state index in [1.807, 2.05) is 24.9 Å². The molecule has 1 fully saturated rings. The number of ether oxygens (including phenoxy) is 1. The highest BCUT2D eigenvalue weighted by molar-refractivity contribution is 5.78. The third-order valence-corrected chi connectivity index (χ3v) is 3.49. The zero-order valence-corrected chi connectivity index (χ0v) is 12.3. The van der Waals surface area contributed by atoms with Gasteiger partial charge in [0.05, 0.1) is 6.61 Å². The third kappa shape index (κ3) is 3.66. The van der Waals surface area contributed by atoms with Crippen LogP contribution in [0.25, 0.3) is 0 Å². The Morgan fingerprint density at radius 1 is 1.50 bits per heavy atom. The van der Waals surface area contributed by atoms with Crippen LogP contribution >= 0.6 is 0 Å². The molecule has 1 aliphatic heterocycles. The fraction of sp³-hybridized carbons (Fsp3) is 0.643. The smallest absolute Gasteiger partial charge is 0.223 e. The van der Waals surface area contributed by atoms with Gasteiger partial charge < -0.3 is 15.0 Å². The van der Waals surface area contributed by atoms with E-state index in [0.717, 1.165) is 30.3 Å². The first-order valence-corrected chi connectivity index (χ1v) is 6.91. The van der Waals surface area contributed by atoms with E-state index in [4.69, 9.17) is 4.74 Å². The average molecular weight is 278 g/mol. The maximum atomic E-state index is 11.9. The van der Waals surface area contributed by atoms with Gasteiger partial charge in [0.15, 0.2) is 0 Å². The molecule has 0 saturated carbocycles. The summed E-state index contributed by atoms with van der Waals surface area (Å²) in [6.07, 6.45) is 1.32.